The Balaban J connectivity index is 1.74. The van der Waals surface area contributed by atoms with E-state index >= 15 is 0 Å². The first-order chi connectivity index (χ1) is 15.2. The van der Waals surface area contributed by atoms with Crippen LogP contribution in [0.1, 0.15) is 28.4 Å². The fraction of sp³-hybridized carbons (Fsp3) is 0.364. The summed E-state index contributed by atoms with van der Waals surface area (Å²) in [4.78, 5) is 23.1. The number of Topliss-reactive ketones (excluding diaryl/α,β-unsaturated/α-hetero) is 1. The molecule has 0 aliphatic carbocycles. The van der Waals surface area contributed by atoms with Crippen LogP contribution in [0.25, 0.3) is 0 Å². The zero-order valence-corrected chi connectivity index (χ0v) is 17.1. The summed E-state index contributed by atoms with van der Waals surface area (Å²) in [6.45, 7) is -0.544. The number of carbonyl (C=O) groups is 2. The minimum absolute atomic E-state index is 0.00669. The van der Waals surface area contributed by atoms with Crippen molar-refractivity contribution in [1.82, 2.24) is 0 Å². The molecule has 5 unspecified atom stereocenters. The van der Waals surface area contributed by atoms with Gasteiger partial charge in [-0.25, -0.2) is 0 Å². The van der Waals surface area contributed by atoms with E-state index in [1.54, 1.807) is 24.3 Å². The summed E-state index contributed by atoms with van der Waals surface area (Å²) in [5, 5.41) is 48.9. The highest BCUT2D eigenvalue weighted by molar-refractivity contribution is 6.02. The van der Waals surface area contributed by atoms with Gasteiger partial charge in [-0.2, -0.15) is 0 Å². The molecule has 0 radical (unpaired) electrons. The second kappa shape index (κ2) is 9.96. The van der Waals surface area contributed by atoms with Crippen molar-refractivity contribution in [3.05, 3.63) is 47.5 Å². The maximum absolute atomic E-state index is 12.6. The second-order valence-electron chi connectivity index (χ2n) is 7.31. The number of phenolic OH excluding ortho intramolecular Hbond substituents is 1. The molecule has 0 fully saturated rings. The third kappa shape index (κ3) is 5.00. The van der Waals surface area contributed by atoms with E-state index < -0.39 is 37.1 Å². The maximum atomic E-state index is 12.6. The molecule has 5 atom stereocenters. The number of aliphatic hydroxyl groups is 4. The van der Waals surface area contributed by atoms with Gasteiger partial charge in [0, 0.05) is 12.1 Å². The Labute approximate surface area is 183 Å². The number of phenols is 1. The third-order valence-electron chi connectivity index (χ3n) is 5.12. The predicted octanol–water partition coefficient (Wildman–Crippen LogP) is 0.129. The summed E-state index contributed by atoms with van der Waals surface area (Å²) in [6.07, 6.45) is -7.85. The molecule has 1 aliphatic rings. The van der Waals surface area contributed by atoms with Gasteiger partial charge in [0.15, 0.2) is 12.1 Å². The number of aliphatic hydroxyl groups excluding tert-OH is 4. The molecule has 10 heteroatoms. The highest BCUT2D eigenvalue weighted by Crippen LogP contribution is 2.42. The summed E-state index contributed by atoms with van der Waals surface area (Å²) in [5.74, 6) is 0.0699. The topological polar surface area (TPSA) is 163 Å². The van der Waals surface area contributed by atoms with Crippen LogP contribution in [-0.2, 0) is 4.79 Å². The summed E-state index contributed by atoms with van der Waals surface area (Å²) < 4.78 is 16.4. The molecule has 3 rings (SSSR count). The van der Waals surface area contributed by atoms with E-state index in [0.29, 0.717) is 5.75 Å². The smallest absolute Gasteiger partial charge is 0.174 e. The van der Waals surface area contributed by atoms with Crippen LogP contribution in [0.5, 0.6) is 23.0 Å². The van der Waals surface area contributed by atoms with Crippen LogP contribution < -0.4 is 14.2 Å². The van der Waals surface area contributed by atoms with Crippen molar-refractivity contribution in [2.75, 3.05) is 13.7 Å². The molecule has 5 N–H and O–H groups in total. The van der Waals surface area contributed by atoms with Crippen molar-refractivity contribution in [2.24, 2.45) is 0 Å². The summed E-state index contributed by atoms with van der Waals surface area (Å²) in [5.41, 5.74) is 0.740. The molecule has 172 valence electrons. The molecule has 0 aromatic heterocycles. The van der Waals surface area contributed by atoms with E-state index in [4.69, 9.17) is 14.2 Å². The Kier molecular flexibility index (Phi) is 7.31. The lowest BCUT2D eigenvalue weighted by Gasteiger charge is -2.27. The number of fused-ring (bicyclic) bond motifs is 1. The molecule has 0 spiro atoms. The average molecular weight is 448 g/mol. The van der Waals surface area contributed by atoms with Gasteiger partial charge < -0.3 is 44.5 Å². The van der Waals surface area contributed by atoms with E-state index in [9.17, 15) is 35.1 Å². The molecule has 0 bridgehead atoms. The third-order valence-corrected chi connectivity index (χ3v) is 5.12. The number of hydrogen-bond acceptors (Lipinski definition) is 10. The first-order valence-electron chi connectivity index (χ1n) is 9.76. The normalized spacial score (nSPS) is 19.2. The minimum atomic E-state index is -1.91. The van der Waals surface area contributed by atoms with Gasteiger partial charge in [0.2, 0.25) is 0 Å². The van der Waals surface area contributed by atoms with Crippen LogP contribution in [0.4, 0.5) is 0 Å². The van der Waals surface area contributed by atoms with Gasteiger partial charge in [0.25, 0.3) is 0 Å². The fourth-order valence-corrected chi connectivity index (χ4v) is 3.29. The maximum Gasteiger partial charge on any atom is 0.174 e. The van der Waals surface area contributed by atoms with Gasteiger partial charge in [-0.15, -0.1) is 0 Å². The highest BCUT2D eigenvalue weighted by Gasteiger charge is 2.32. The molecule has 10 nitrogen and oxygen atoms in total. The van der Waals surface area contributed by atoms with Crippen LogP contribution >= 0.6 is 0 Å². The Morgan fingerprint density at radius 2 is 1.78 bits per heavy atom. The zero-order chi connectivity index (χ0) is 23.4. The predicted molar refractivity (Wildman–Crippen MR) is 109 cm³/mol. The lowest BCUT2D eigenvalue weighted by molar-refractivity contribution is -0.135. The lowest BCUT2D eigenvalue weighted by atomic mass is 9.95. The van der Waals surface area contributed by atoms with Gasteiger partial charge in [-0.05, 0) is 17.7 Å². The number of hydrogen-bond donors (Lipinski definition) is 5. The number of methoxy groups -OCH3 is 1. The number of ketones is 1. The van der Waals surface area contributed by atoms with Crippen molar-refractivity contribution < 1.29 is 49.3 Å². The van der Waals surface area contributed by atoms with Crippen molar-refractivity contribution in [1.29, 1.82) is 0 Å². The van der Waals surface area contributed by atoms with E-state index in [-0.39, 0.29) is 41.3 Å². The molecule has 1 aliphatic heterocycles. The van der Waals surface area contributed by atoms with Gasteiger partial charge in [-0.1, -0.05) is 12.1 Å². The quantitative estimate of drug-likeness (QED) is 0.333. The number of benzene rings is 2. The van der Waals surface area contributed by atoms with Crippen LogP contribution in [-0.4, -0.2) is 75.7 Å². The van der Waals surface area contributed by atoms with Crippen LogP contribution in [0, 0.1) is 0 Å². The Morgan fingerprint density at radius 1 is 1.09 bits per heavy atom. The minimum Gasteiger partial charge on any atom is -0.507 e. The van der Waals surface area contributed by atoms with Crippen LogP contribution in [0.2, 0.25) is 0 Å². The van der Waals surface area contributed by atoms with Crippen molar-refractivity contribution in [3.63, 3.8) is 0 Å². The van der Waals surface area contributed by atoms with Gasteiger partial charge in [0.1, 0.15) is 65.7 Å². The van der Waals surface area contributed by atoms with Crippen LogP contribution in [0.3, 0.4) is 0 Å². The zero-order valence-electron chi connectivity index (χ0n) is 17.1. The Morgan fingerprint density at radius 3 is 2.41 bits per heavy atom. The number of carbonyl (C=O) groups excluding carboxylic acids is 2. The Hall–Kier alpha value is -3.18. The van der Waals surface area contributed by atoms with Crippen molar-refractivity contribution in [2.45, 2.75) is 36.9 Å². The number of ether oxygens (including phenoxy) is 3. The van der Waals surface area contributed by atoms with Crippen molar-refractivity contribution in [3.8, 4) is 23.0 Å². The molecule has 2 aromatic carbocycles. The van der Waals surface area contributed by atoms with Gasteiger partial charge in [-0.3, -0.25) is 4.79 Å². The van der Waals surface area contributed by atoms with E-state index in [1.807, 2.05) is 0 Å². The molecular weight excluding hydrogens is 424 g/mol. The molecule has 1 heterocycles. The first kappa shape index (κ1) is 23.5. The molecule has 32 heavy (non-hydrogen) atoms. The lowest BCUT2D eigenvalue weighted by Crippen LogP contribution is -2.47. The van der Waals surface area contributed by atoms with E-state index in [1.165, 1.54) is 13.2 Å². The van der Waals surface area contributed by atoms with E-state index in [0.717, 1.165) is 11.6 Å². The molecular formula is C22H24O10. The SMILES string of the molecule is COc1ccc(C2CC(=O)c3c(O)cc(OCC(O)C(O)C(O)C(O)C=O)cc3O2)cc1. The molecule has 0 saturated heterocycles. The van der Waals surface area contributed by atoms with Gasteiger partial charge in [0.05, 0.1) is 13.5 Å². The largest absolute Gasteiger partial charge is 0.507 e. The average Bonchev–Trinajstić information content (AvgIpc) is 2.80. The number of rotatable bonds is 9. The van der Waals surface area contributed by atoms with Gasteiger partial charge >= 0.3 is 0 Å². The highest BCUT2D eigenvalue weighted by atomic mass is 16.5. The Bertz CT molecular complexity index is 958. The molecule has 0 amide bonds. The molecule has 2 aromatic rings. The second-order valence-corrected chi connectivity index (χ2v) is 7.31. The summed E-state index contributed by atoms with van der Waals surface area (Å²) in [7, 11) is 1.54. The standard InChI is InChI=1S/C22H24O10/c1-30-12-4-2-11(3-5-12)18-8-15(25)20-14(24)6-13(7-19(20)32-18)31-10-17(27)22(29)21(28)16(26)9-23/h2-7,9,16-18,21-22,24,26-29H,8,10H2,1H3. The fourth-order valence-electron chi connectivity index (χ4n) is 3.29. The molecule has 0 saturated carbocycles. The monoisotopic (exact) mass is 448 g/mol. The summed E-state index contributed by atoms with van der Waals surface area (Å²) >= 11 is 0. The summed E-state index contributed by atoms with van der Waals surface area (Å²) in [6, 6.07) is 9.51. The number of aromatic hydroxyl groups is 1. The van der Waals surface area contributed by atoms with Crippen molar-refractivity contribution >= 4 is 12.1 Å². The number of aldehydes is 1. The first-order valence-corrected chi connectivity index (χ1v) is 9.76. The van der Waals surface area contributed by atoms with Crippen LogP contribution in [0.15, 0.2) is 36.4 Å². The van der Waals surface area contributed by atoms with E-state index in [2.05, 4.69) is 0 Å².